The molecule has 6 heteroatoms. The summed E-state index contributed by atoms with van der Waals surface area (Å²) in [6.45, 7) is 1.58. The number of rotatable bonds is 5. The van der Waals surface area contributed by atoms with Gasteiger partial charge in [0.15, 0.2) is 0 Å². The highest BCUT2D eigenvalue weighted by Gasteiger charge is 2.31. The summed E-state index contributed by atoms with van der Waals surface area (Å²) in [5.74, 6) is 0.938. The van der Waals surface area contributed by atoms with Gasteiger partial charge >= 0.3 is 0 Å². The number of anilines is 1. The Morgan fingerprint density at radius 3 is 2.97 bits per heavy atom. The van der Waals surface area contributed by atoms with Gasteiger partial charge in [0.05, 0.1) is 12.6 Å². The van der Waals surface area contributed by atoms with Crippen LogP contribution in [0.3, 0.4) is 0 Å². The molecule has 6 nitrogen and oxygen atoms in total. The third-order valence-corrected chi connectivity index (χ3v) is 5.55. The van der Waals surface area contributed by atoms with Gasteiger partial charge in [-0.1, -0.05) is 30.3 Å². The first-order valence-electron chi connectivity index (χ1n) is 9.98. The van der Waals surface area contributed by atoms with Gasteiger partial charge in [-0.05, 0) is 43.7 Å². The number of nitrogens with one attached hydrogen (secondary N) is 3. The van der Waals surface area contributed by atoms with E-state index in [1.807, 2.05) is 36.5 Å². The minimum atomic E-state index is -0.128. The van der Waals surface area contributed by atoms with Crippen molar-refractivity contribution in [2.75, 3.05) is 11.9 Å². The first-order chi connectivity index (χ1) is 14.3. The number of aromatic amines is 2. The molecule has 3 heterocycles. The lowest BCUT2D eigenvalue weighted by molar-refractivity contribution is -0.120. The molecule has 0 saturated carbocycles. The fraction of sp³-hybridized carbons (Fsp3) is 0.217. The van der Waals surface area contributed by atoms with E-state index in [0.717, 1.165) is 47.7 Å². The van der Waals surface area contributed by atoms with Crippen molar-refractivity contribution in [3.63, 3.8) is 0 Å². The second-order valence-electron chi connectivity index (χ2n) is 7.50. The summed E-state index contributed by atoms with van der Waals surface area (Å²) >= 11 is 0. The maximum atomic E-state index is 13.0. The highest BCUT2D eigenvalue weighted by Crippen LogP contribution is 2.27. The lowest BCUT2D eigenvalue weighted by atomic mass is 10.1. The van der Waals surface area contributed by atoms with Crippen LogP contribution >= 0.6 is 0 Å². The van der Waals surface area contributed by atoms with Gasteiger partial charge in [0, 0.05) is 40.2 Å². The number of carbonyl (C=O) groups is 1. The number of imidazole rings is 1. The molecule has 1 atom stereocenters. The highest BCUT2D eigenvalue weighted by atomic mass is 16.2. The van der Waals surface area contributed by atoms with Crippen molar-refractivity contribution >= 4 is 22.5 Å². The molecular formula is C23H23N5O. The standard InChI is InChI=1S/C23H23N5O/c29-23(21-9-4-12-28(21)15-22-24-10-11-25-22)26-18-7-3-6-16(13-18)20-14-17-5-1-2-8-19(17)27-20/h1-3,5-8,10-11,13-14,21,27H,4,9,12,15H2,(H,24,25)(H,26,29)/t21-/m0/s1. The molecule has 1 amide bonds. The van der Waals surface area contributed by atoms with Gasteiger partial charge < -0.3 is 15.3 Å². The van der Waals surface area contributed by atoms with E-state index in [4.69, 9.17) is 0 Å². The first kappa shape index (κ1) is 17.7. The number of carbonyl (C=O) groups excluding carboxylic acids is 1. The van der Waals surface area contributed by atoms with Crippen LogP contribution in [0.1, 0.15) is 18.7 Å². The van der Waals surface area contributed by atoms with E-state index in [1.165, 1.54) is 5.39 Å². The van der Waals surface area contributed by atoms with E-state index < -0.39 is 0 Å². The Morgan fingerprint density at radius 2 is 2.10 bits per heavy atom. The van der Waals surface area contributed by atoms with E-state index in [-0.39, 0.29) is 11.9 Å². The third-order valence-electron chi connectivity index (χ3n) is 5.55. The molecule has 1 saturated heterocycles. The Bertz CT molecular complexity index is 1100. The van der Waals surface area contributed by atoms with Crippen molar-refractivity contribution < 1.29 is 4.79 Å². The first-order valence-corrected chi connectivity index (χ1v) is 9.98. The molecule has 146 valence electrons. The fourth-order valence-corrected chi connectivity index (χ4v) is 4.11. The molecule has 0 aliphatic carbocycles. The molecule has 29 heavy (non-hydrogen) atoms. The lowest BCUT2D eigenvalue weighted by Crippen LogP contribution is -2.39. The van der Waals surface area contributed by atoms with Gasteiger partial charge in [-0.2, -0.15) is 0 Å². The number of para-hydroxylation sites is 1. The topological polar surface area (TPSA) is 76.8 Å². The molecule has 0 bridgehead atoms. The van der Waals surface area contributed by atoms with Crippen molar-refractivity contribution in [3.05, 3.63) is 72.8 Å². The summed E-state index contributed by atoms with van der Waals surface area (Å²) in [5.41, 5.74) is 4.02. The van der Waals surface area contributed by atoms with Crippen LogP contribution in [-0.2, 0) is 11.3 Å². The predicted octanol–water partition coefficient (Wildman–Crippen LogP) is 4.16. The second-order valence-corrected chi connectivity index (χ2v) is 7.50. The summed E-state index contributed by atoms with van der Waals surface area (Å²) in [6, 6.07) is 18.2. The lowest BCUT2D eigenvalue weighted by Gasteiger charge is -2.22. The molecule has 4 aromatic rings. The van der Waals surface area contributed by atoms with Crippen LogP contribution in [-0.4, -0.2) is 38.3 Å². The summed E-state index contributed by atoms with van der Waals surface area (Å²) < 4.78 is 0. The largest absolute Gasteiger partial charge is 0.355 e. The second kappa shape index (κ2) is 7.56. The molecular weight excluding hydrogens is 362 g/mol. The maximum absolute atomic E-state index is 13.0. The number of H-pyrrole nitrogens is 2. The van der Waals surface area contributed by atoms with Crippen LogP contribution < -0.4 is 5.32 Å². The van der Waals surface area contributed by atoms with Crippen LogP contribution in [0, 0.1) is 0 Å². The van der Waals surface area contributed by atoms with E-state index >= 15 is 0 Å². The molecule has 1 aliphatic heterocycles. The number of likely N-dealkylation sites (tertiary alicyclic amines) is 1. The number of hydrogen-bond donors (Lipinski definition) is 3. The number of benzene rings is 2. The quantitative estimate of drug-likeness (QED) is 0.483. The minimum Gasteiger partial charge on any atom is -0.355 e. The number of hydrogen-bond acceptors (Lipinski definition) is 3. The van der Waals surface area contributed by atoms with Crippen LogP contribution in [0.2, 0.25) is 0 Å². The van der Waals surface area contributed by atoms with Gasteiger partial charge in [-0.25, -0.2) is 4.98 Å². The summed E-state index contributed by atoms with van der Waals surface area (Å²) in [5, 5.41) is 4.29. The number of nitrogens with zero attached hydrogens (tertiary/aromatic N) is 2. The smallest absolute Gasteiger partial charge is 0.241 e. The number of aromatic nitrogens is 3. The van der Waals surface area contributed by atoms with Gasteiger partial charge in [0.1, 0.15) is 5.82 Å². The monoisotopic (exact) mass is 385 g/mol. The van der Waals surface area contributed by atoms with Crippen molar-refractivity contribution in [2.45, 2.75) is 25.4 Å². The normalized spacial score (nSPS) is 17.0. The fourth-order valence-electron chi connectivity index (χ4n) is 4.11. The molecule has 3 N–H and O–H groups in total. The Balaban J connectivity index is 1.32. The average Bonchev–Trinajstić information content (AvgIpc) is 3.49. The van der Waals surface area contributed by atoms with Crippen LogP contribution in [0.15, 0.2) is 67.0 Å². The van der Waals surface area contributed by atoms with E-state index in [1.54, 1.807) is 6.20 Å². The SMILES string of the molecule is O=C(Nc1cccc(-c2cc3ccccc3[nH]2)c1)[C@@H]1CCCN1Cc1ncc[nH]1. The Hall–Kier alpha value is -3.38. The molecule has 0 unspecified atom stereocenters. The Kier molecular flexibility index (Phi) is 4.62. The highest BCUT2D eigenvalue weighted by molar-refractivity contribution is 5.95. The Labute approximate surface area is 169 Å². The summed E-state index contributed by atoms with van der Waals surface area (Å²) in [7, 11) is 0. The zero-order chi connectivity index (χ0) is 19.6. The summed E-state index contributed by atoms with van der Waals surface area (Å²) in [4.78, 5) is 26.0. The average molecular weight is 385 g/mol. The van der Waals surface area contributed by atoms with Crippen LogP contribution in [0.4, 0.5) is 5.69 Å². The molecule has 1 fully saturated rings. The molecule has 0 radical (unpaired) electrons. The van der Waals surface area contributed by atoms with Gasteiger partial charge in [-0.3, -0.25) is 9.69 Å². The zero-order valence-electron chi connectivity index (χ0n) is 16.1. The molecule has 5 rings (SSSR count). The van der Waals surface area contributed by atoms with Crippen molar-refractivity contribution in [2.24, 2.45) is 0 Å². The molecule has 2 aromatic heterocycles. The number of fused-ring (bicyclic) bond motifs is 1. The van der Waals surface area contributed by atoms with Crippen molar-refractivity contribution in [1.29, 1.82) is 0 Å². The maximum Gasteiger partial charge on any atom is 0.241 e. The van der Waals surface area contributed by atoms with Gasteiger partial charge in [0.2, 0.25) is 5.91 Å². The van der Waals surface area contributed by atoms with Crippen LogP contribution in [0.5, 0.6) is 0 Å². The van der Waals surface area contributed by atoms with Crippen molar-refractivity contribution in [1.82, 2.24) is 19.9 Å². The minimum absolute atomic E-state index is 0.0443. The van der Waals surface area contributed by atoms with E-state index in [0.29, 0.717) is 6.54 Å². The van der Waals surface area contributed by atoms with E-state index in [2.05, 4.69) is 49.4 Å². The van der Waals surface area contributed by atoms with E-state index in [9.17, 15) is 4.79 Å². The molecule has 2 aromatic carbocycles. The number of amides is 1. The summed E-state index contributed by atoms with van der Waals surface area (Å²) in [6.07, 6.45) is 5.45. The van der Waals surface area contributed by atoms with Crippen LogP contribution in [0.25, 0.3) is 22.2 Å². The molecule has 1 aliphatic rings. The third kappa shape index (κ3) is 3.67. The van der Waals surface area contributed by atoms with Crippen molar-refractivity contribution in [3.8, 4) is 11.3 Å². The Morgan fingerprint density at radius 1 is 1.17 bits per heavy atom. The van der Waals surface area contributed by atoms with Gasteiger partial charge in [0.25, 0.3) is 0 Å². The van der Waals surface area contributed by atoms with Gasteiger partial charge in [-0.15, -0.1) is 0 Å². The molecule has 0 spiro atoms. The zero-order valence-corrected chi connectivity index (χ0v) is 16.1. The predicted molar refractivity (Wildman–Crippen MR) is 114 cm³/mol.